The topological polar surface area (TPSA) is 52.2 Å². The molecule has 2 heterocycles. The van der Waals surface area contributed by atoms with E-state index in [4.69, 9.17) is 15.3 Å². The minimum atomic E-state index is -0.0871. The van der Waals surface area contributed by atoms with Crippen LogP contribution in [0.5, 0.6) is 0 Å². The predicted molar refractivity (Wildman–Crippen MR) is 182 cm³/mol. The number of hydrogen-bond donors (Lipinski definition) is 0. The van der Waals surface area contributed by atoms with E-state index in [-0.39, 0.29) is 25.5 Å². The molecule has 233 valence electrons. The first-order valence-corrected chi connectivity index (χ1v) is 16.4. The third-order valence-corrected chi connectivity index (χ3v) is 9.61. The normalized spacial score (nSPS) is 18.7. The fourth-order valence-corrected chi connectivity index (χ4v) is 7.41. The van der Waals surface area contributed by atoms with Crippen LogP contribution in [-0.4, -0.2) is 27.8 Å². The van der Waals surface area contributed by atoms with Gasteiger partial charge in [-0.15, -0.1) is 29.6 Å². The summed E-state index contributed by atoms with van der Waals surface area (Å²) in [5.41, 5.74) is 8.35. The Labute approximate surface area is 277 Å². The molecule has 0 spiro atoms. The van der Waals surface area contributed by atoms with E-state index in [2.05, 4.69) is 76.0 Å². The van der Waals surface area contributed by atoms with Crippen LogP contribution in [0.15, 0.2) is 65.7 Å². The summed E-state index contributed by atoms with van der Waals surface area (Å²) in [6, 6.07) is 15.7. The molecule has 2 aromatic carbocycles. The molecular weight excluding hydrogens is 717 g/mol. The first kappa shape index (κ1) is 32.5. The average molecular weight is 763 g/mol. The summed E-state index contributed by atoms with van der Waals surface area (Å²) in [5.74, 6) is 0. The molecule has 4 aromatic rings. The minimum absolute atomic E-state index is 0. The van der Waals surface area contributed by atoms with Gasteiger partial charge < -0.3 is 5.32 Å². The zero-order chi connectivity index (χ0) is 30.0. The quantitative estimate of drug-likeness (QED) is 0.154. The maximum Gasteiger partial charge on any atom is 0.0502 e. The first-order chi connectivity index (χ1) is 20.8. The number of fused-ring (bicyclic) bond motifs is 3. The molecule has 44 heavy (non-hydrogen) atoms. The van der Waals surface area contributed by atoms with Crippen molar-refractivity contribution in [1.29, 1.82) is 0 Å². The Balaban J connectivity index is 0.000000176. The first-order valence-electron chi connectivity index (χ1n) is 16.4. The van der Waals surface area contributed by atoms with Crippen molar-refractivity contribution in [3.05, 3.63) is 88.8 Å². The second-order valence-corrected chi connectivity index (χ2v) is 13.5. The van der Waals surface area contributed by atoms with E-state index in [9.17, 15) is 0 Å². The Morgan fingerprint density at radius 2 is 1.64 bits per heavy atom. The molecule has 2 fully saturated rings. The molecule has 2 aromatic heterocycles. The second kappa shape index (κ2) is 14.0. The van der Waals surface area contributed by atoms with Gasteiger partial charge in [0.15, 0.2) is 0 Å². The van der Waals surface area contributed by atoms with Crippen LogP contribution in [0.1, 0.15) is 109 Å². The average Bonchev–Trinajstić information content (AvgIpc) is 3.00. The summed E-state index contributed by atoms with van der Waals surface area (Å²) >= 11 is 0. The van der Waals surface area contributed by atoms with Gasteiger partial charge in [-0.3, -0.25) is 15.0 Å². The molecule has 0 bridgehead atoms. The number of rotatable bonds is 4. The number of benzene rings is 2. The summed E-state index contributed by atoms with van der Waals surface area (Å²) in [6.07, 6.45) is 21.2. The Morgan fingerprint density at radius 1 is 0.909 bits per heavy atom. The van der Waals surface area contributed by atoms with Crippen LogP contribution in [0.2, 0.25) is 0 Å². The van der Waals surface area contributed by atoms with Gasteiger partial charge in [-0.1, -0.05) is 112 Å². The van der Waals surface area contributed by atoms with Crippen molar-refractivity contribution in [2.45, 2.75) is 116 Å². The van der Waals surface area contributed by atoms with Gasteiger partial charge in [0.05, 0.1) is 6.04 Å². The SMILES string of the molecule is CC(/C=C(/C)[N-]C1CCCCC1)=NC1CCCCC1.Cc1cc2c3c(nccc3c1)-c1[c-]c3ccncc3cc1C2(C)C.[Ir]. The van der Waals surface area contributed by atoms with Gasteiger partial charge in [-0.25, -0.2) is 0 Å². The molecule has 2 saturated carbocycles. The number of aromatic nitrogens is 2. The Kier molecular flexibility index (Phi) is 10.4. The fraction of sp³-hybridized carbons (Fsp3) is 0.462. The van der Waals surface area contributed by atoms with Crippen molar-refractivity contribution in [3.8, 4) is 11.3 Å². The molecule has 0 atom stereocenters. The zero-order valence-corrected chi connectivity index (χ0v) is 29.4. The van der Waals surface area contributed by atoms with Gasteiger partial charge in [-0.05, 0) is 66.9 Å². The van der Waals surface area contributed by atoms with E-state index in [1.54, 1.807) is 0 Å². The molecule has 1 radical (unpaired) electrons. The largest absolute Gasteiger partial charge is 0.685 e. The standard InChI is InChI=1S/C22H17N2.C17H29N2.Ir/c1-13-8-15-5-7-24-21-17-10-14-4-6-23-12-16(14)11-18(17)22(2,3)19(9-13)20(15)21;1-14(18-16-9-5-3-6-10-16)13-15(2)19-17-11-7-4-8-12-17;/h4-9,11-12H,1-3H3;13,16-17H,3-12H2,1-2H3;/q2*-1;/b;14-13-,19-15?;. The monoisotopic (exact) mass is 763 g/mol. The summed E-state index contributed by atoms with van der Waals surface area (Å²) in [5, 5.41) is 9.60. The van der Waals surface area contributed by atoms with Crippen molar-refractivity contribution in [2.75, 3.05) is 0 Å². The molecule has 4 nitrogen and oxygen atoms in total. The van der Waals surface area contributed by atoms with E-state index in [0.29, 0.717) is 12.1 Å². The van der Waals surface area contributed by atoms with Crippen LogP contribution >= 0.6 is 0 Å². The number of aryl methyl sites for hydroxylation is 1. The van der Waals surface area contributed by atoms with Crippen LogP contribution in [-0.2, 0) is 25.5 Å². The van der Waals surface area contributed by atoms with Crippen molar-refractivity contribution < 1.29 is 20.1 Å². The molecule has 0 aliphatic heterocycles. The van der Waals surface area contributed by atoms with Crippen LogP contribution in [0, 0.1) is 13.0 Å². The van der Waals surface area contributed by atoms with Crippen molar-refractivity contribution in [3.63, 3.8) is 0 Å². The second-order valence-electron chi connectivity index (χ2n) is 13.5. The Morgan fingerprint density at radius 3 is 2.39 bits per heavy atom. The number of aliphatic imine (C=N–C) groups is 1. The van der Waals surface area contributed by atoms with Gasteiger partial charge >= 0.3 is 0 Å². The number of allylic oxidation sites excluding steroid dienone is 2. The van der Waals surface area contributed by atoms with Gasteiger partial charge in [0, 0.05) is 37.7 Å². The molecule has 5 heteroatoms. The van der Waals surface area contributed by atoms with Crippen LogP contribution < -0.4 is 0 Å². The molecule has 0 unspecified atom stereocenters. The zero-order valence-electron chi connectivity index (χ0n) is 27.0. The van der Waals surface area contributed by atoms with E-state index >= 15 is 0 Å². The number of nitrogens with zero attached hydrogens (tertiary/aromatic N) is 4. The molecule has 0 N–H and O–H groups in total. The molecule has 3 aliphatic rings. The maximum absolute atomic E-state index is 4.85. The third kappa shape index (κ3) is 7.00. The van der Waals surface area contributed by atoms with E-state index in [1.807, 2.05) is 24.7 Å². The van der Waals surface area contributed by atoms with Crippen LogP contribution in [0.3, 0.4) is 0 Å². The van der Waals surface area contributed by atoms with Crippen LogP contribution in [0.4, 0.5) is 0 Å². The van der Waals surface area contributed by atoms with Gasteiger partial charge in [0.1, 0.15) is 0 Å². The number of hydrogen-bond acceptors (Lipinski definition) is 3. The molecular formula is C39H46IrN4-2. The summed E-state index contributed by atoms with van der Waals surface area (Å²) < 4.78 is 0. The molecule has 0 amide bonds. The molecule has 3 aliphatic carbocycles. The van der Waals surface area contributed by atoms with E-state index in [1.165, 1.54) is 103 Å². The third-order valence-electron chi connectivity index (χ3n) is 9.61. The van der Waals surface area contributed by atoms with Crippen molar-refractivity contribution in [1.82, 2.24) is 9.97 Å². The summed E-state index contributed by atoms with van der Waals surface area (Å²) in [7, 11) is 0. The minimum Gasteiger partial charge on any atom is -0.685 e. The van der Waals surface area contributed by atoms with E-state index in [0.717, 1.165) is 22.0 Å². The molecule has 7 rings (SSSR count). The van der Waals surface area contributed by atoms with Crippen molar-refractivity contribution in [2.24, 2.45) is 4.99 Å². The number of pyridine rings is 2. The van der Waals surface area contributed by atoms with Crippen LogP contribution in [0.25, 0.3) is 38.1 Å². The molecule has 0 saturated heterocycles. The smallest absolute Gasteiger partial charge is 0.0502 e. The summed E-state index contributed by atoms with van der Waals surface area (Å²) in [4.78, 5) is 13.9. The van der Waals surface area contributed by atoms with Gasteiger partial charge in [0.2, 0.25) is 0 Å². The Hall–Kier alpha value is -2.88. The Bertz CT molecular complexity index is 1670. The maximum atomic E-state index is 4.85. The van der Waals surface area contributed by atoms with Gasteiger partial charge in [-0.2, -0.15) is 5.70 Å². The predicted octanol–water partition coefficient (Wildman–Crippen LogP) is 10.6. The van der Waals surface area contributed by atoms with Gasteiger partial charge in [0.25, 0.3) is 0 Å². The summed E-state index contributed by atoms with van der Waals surface area (Å²) in [6.45, 7) is 11.0. The fourth-order valence-electron chi connectivity index (χ4n) is 7.41. The van der Waals surface area contributed by atoms with E-state index < -0.39 is 0 Å². The van der Waals surface area contributed by atoms with Crippen molar-refractivity contribution >= 4 is 27.3 Å².